The molecule has 0 rings (SSSR count). The van der Waals surface area contributed by atoms with Gasteiger partial charge in [-0.15, -0.1) is 0 Å². The molecule has 0 spiro atoms. The molecule has 0 radical (unpaired) electrons. The molecule has 0 heterocycles. The van der Waals surface area contributed by atoms with Gasteiger partial charge in [0.05, 0.1) is 0 Å². The summed E-state index contributed by atoms with van der Waals surface area (Å²) in [5, 5.41) is 19.8. The average molecular weight is 204 g/mol. The molecule has 14 heavy (non-hydrogen) atoms. The number of nitrogens with two attached hydrogens (primary N) is 1. The van der Waals surface area contributed by atoms with Crippen molar-refractivity contribution in [2.45, 2.75) is 31.8 Å². The summed E-state index contributed by atoms with van der Waals surface area (Å²) >= 11 is 0. The summed E-state index contributed by atoms with van der Waals surface area (Å²) in [6, 6.07) is -1.71. The van der Waals surface area contributed by atoms with Gasteiger partial charge in [0.15, 0.2) is 0 Å². The van der Waals surface area contributed by atoms with E-state index in [1.54, 1.807) is 0 Å². The molecule has 0 aromatic rings. The summed E-state index contributed by atoms with van der Waals surface area (Å²) in [6.07, 6.45) is 0.889. The SMILES string of the molecule is CC(NC(CCCN)C(=O)O)C(=O)O. The molecule has 0 aromatic carbocycles. The van der Waals surface area contributed by atoms with Crippen molar-refractivity contribution in [3.05, 3.63) is 0 Å². The molecule has 0 amide bonds. The van der Waals surface area contributed by atoms with Crippen LogP contribution in [0.4, 0.5) is 0 Å². The molecule has 6 heteroatoms. The maximum absolute atomic E-state index is 10.7. The van der Waals surface area contributed by atoms with E-state index in [0.29, 0.717) is 19.4 Å². The molecule has 2 unspecified atom stereocenters. The molecule has 0 fully saturated rings. The second-order valence-corrected chi connectivity index (χ2v) is 3.05. The average Bonchev–Trinajstić information content (AvgIpc) is 2.10. The fourth-order valence-corrected chi connectivity index (χ4v) is 0.973. The monoisotopic (exact) mass is 204 g/mol. The van der Waals surface area contributed by atoms with Crippen LogP contribution in [0.5, 0.6) is 0 Å². The highest BCUT2D eigenvalue weighted by atomic mass is 16.4. The maximum Gasteiger partial charge on any atom is 0.320 e. The normalized spacial score (nSPS) is 14.7. The van der Waals surface area contributed by atoms with E-state index < -0.39 is 24.0 Å². The topological polar surface area (TPSA) is 113 Å². The molecule has 0 aliphatic rings. The number of carbonyl (C=O) groups is 2. The fourth-order valence-electron chi connectivity index (χ4n) is 0.973. The van der Waals surface area contributed by atoms with Crippen LogP contribution < -0.4 is 11.1 Å². The Morgan fingerprint density at radius 3 is 2.29 bits per heavy atom. The Morgan fingerprint density at radius 1 is 1.36 bits per heavy atom. The highest BCUT2D eigenvalue weighted by Gasteiger charge is 2.21. The zero-order valence-corrected chi connectivity index (χ0v) is 8.06. The smallest absolute Gasteiger partial charge is 0.320 e. The first-order valence-electron chi connectivity index (χ1n) is 4.40. The van der Waals surface area contributed by atoms with Crippen LogP contribution in [0.15, 0.2) is 0 Å². The van der Waals surface area contributed by atoms with Gasteiger partial charge in [-0.2, -0.15) is 0 Å². The molecule has 0 aromatic heterocycles. The van der Waals surface area contributed by atoms with Gasteiger partial charge in [0.1, 0.15) is 12.1 Å². The summed E-state index contributed by atoms with van der Waals surface area (Å²) < 4.78 is 0. The van der Waals surface area contributed by atoms with Crippen molar-refractivity contribution in [1.82, 2.24) is 5.32 Å². The molecule has 2 atom stereocenters. The Kier molecular flexibility index (Phi) is 5.82. The zero-order valence-electron chi connectivity index (χ0n) is 8.06. The van der Waals surface area contributed by atoms with Crippen molar-refractivity contribution < 1.29 is 19.8 Å². The summed E-state index contributed by atoms with van der Waals surface area (Å²) in [5.74, 6) is -2.12. The van der Waals surface area contributed by atoms with E-state index in [1.165, 1.54) is 6.92 Å². The quantitative estimate of drug-likeness (QED) is 0.433. The van der Waals surface area contributed by atoms with Crippen LogP contribution >= 0.6 is 0 Å². The molecular weight excluding hydrogens is 188 g/mol. The van der Waals surface area contributed by atoms with Crippen molar-refractivity contribution in [3.63, 3.8) is 0 Å². The van der Waals surface area contributed by atoms with Gasteiger partial charge in [-0.1, -0.05) is 0 Å². The lowest BCUT2D eigenvalue weighted by Gasteiger charge is -2.16. The molecule has 0 aliphatic heterocycles. The first-order chi connectivity index (χ1) is 6.49. The number of carboxylic acid groups (broad SMARTS) is 2. The molecule has 0 saturated heterocycles. The number of carboxylic acids is 2. The van der Waals surface area contributed by atoms with Crippen LogP contribution in [0, 0.1) is 0 Å². The van der Waals surface area contributed by atoms with Crippen LogP contribution in [-0.4, -0.2) is 40.8 Å². The highest BCUT2D eigenvalue weighted by molar-refractivity contribution is 5.77. The van der Waals surface area contributed by atoms with Gasteiger partial charge in [-0.25, -0.2) is 0 Å². The highest BCUT2D eigenvalue weighted by Crippen LogP contribution is 1.98. The van der Waals surface area contributed by atoms with Gasteiger partial charge in [0.2, 0.25) is 0 Å². The Balaban J connectivity index is 4.08. The van der Waals surface area contributed by atoms with Crippen LogP contribution in [-0.2, 0) is 9.59 Å². The van der Waals surface area contributed by atoms with Gasteiger partial charge in [0, 0.05) is 0 Å². The van der Waals surface area contributed by atoms with Crippen molar-refractivity contribution in [2.75, 3.05) is 6.54 Å². The van der Waals surface area contributed by atoms with Gasteiger partial charge < -0.3 is 15.9 Å². The lowest BCUT2D eigenvalue weighted by atomic mass is 10.1. The predicted molar refractivity (Wildman–Crippen MR) is 49.9 cm³/mol. The van der Waals surface area contributed by atoms with Gasteiger partial charge in [-0.3, -0.25) is 14.9 Å². The third kappa shape index (κ3) is 4.78. The number of hydrogen-bond acceptors (Lipinski definition) is 4. The third-order valence-electron chi connectivity index (χ3n) is 1.82. The van der Waals surface area contributed by atoms with Crippen molar-refractivity contribution in [2.24, 2.45) is 5.73 Å². The summed E-state index contributed by atoms with van der Waals surface area (Å²) in [5.41, 5.74) is 5.23. The lowest BCUT2D eigenvalue weighted by Crippen LogP contribution is -2.45. The molecule has 5 N–H and O–H groups in total. The minimum atomic E-state index is -1.07. The molecular formula is C8H16N2O4. The van der Waals surface area contributed by atoms with E-state index in [-0.39, 0.29) is 0 Å². The largest absolute Gasteiger partial charge is 0.480 e. The van der Waals surface area contributed by atoms with Crippen LogP contribution in [0.3, 0.4) is 0 Å². The minimum absolute atomic E-state index is 0.337. The first-order valence-corrected chi connectivity index (χ1v) is 4.40. The number of nitrogens with one attached hydrogen (secondary N) is 1. The van der Waals surface area contributed by atoms with E-state index in [2.05, 4.69) is 5.32 Å². The molecule has 82 valence electrons. The molecule has 0 aliphatic carbocycles. The second-order valence-electron chi connectivity index (χ2n) is 3.05. The standard InChI is InChI=1S/C8H16N2O4/c1-5(7(11)12)10-6(8(13)14)3-2-4-9/h5-6,10H,2-4,9H2,1H3,(H,11,12)(H,13,14). The molecule has 6 nitrogen and oxygen atoms in total. The molecule has 0 bridgehead atoms. The van der Waals surface area contributed by atoms with Crippen molar-refractivity contribution in [1.29, 1.82) is 0 Å². The van der Waals surface area contributed by atoms with Crippen LogP contribution in [0.1, 0.15) is 19.8 Å². The van der Waals surface area contributed by atoms with Crippen molar-refractivity contribution in [3.8, 4) is 0 Å². The Bertz CT molecular complexity index is 208. The summed E-state index contributed by atoms with van der Waals surface area (Å²) in [6.45, 7) is 1.80. The van der Waals surface area contributed by atoms with E-state index >= 15 is 0 Å². The lowest BCUT2D eigenvalue weighted by molar-refractivity contribution is -0.142. The van der Waals surface area contributed by atoms with Crippen LogP contribution in [0.25, 0.3) is 0 Å². The fraction of sp³-hybridized carbons (Fsp3) is 0.750. The van der Waals surface area contributed by atoms with Gasteiger partial charge in [0.25, 0.3) is 0 Å². The predicted octanol–water partition coefficient (Wildman–Crippen LogP) is -0.759. The minimum Gasteiger partial charge on any atom is -0.480 e. The Labute approximate surface area is 82.1 Å². The van der Waals surface area contributed by atoms with Crippen molar-refractivity contribution >= 4 is 11.9 Å². The Hall–Kier alpha value is -1.14. The Morgan fingerprint density at radius 2 is 1.93 bits per heavy atom. The third-order valence-corrected chi connectivity index (χ3v) is 1.82. The first kappa shape index (κ1) is 12.9. The summed E-state index contributed by atoms with van der Waals surface area (Å²) in [7, 11) is 0. The van der Waals surface area contributed by atoms with E-state index in [0.717, 1.165) is 0 Å². The van der Waals surface area contributed by atoms with E-state index in [4.69, 9.17) is 15.9 Å². The number of rotatable bonds is 7. The molecule has 0 saturated carbocycles. The van der Waals surface area contributed by atoms with Gasteiger partial charge in [-0.05, 0) is 26.3 Å². The summed E-state index contributed by atoms with van der Waals surface area (Å²) in [4.78, 5) is 21.1. The van der Waals surface area contributed by atoms with E-state index in [1.807, 2.05) is 0 Å². The maximum atomic E-state index is 10.7. The zero-order chi connectivity index (χ0) is 11.1. The second kappa shape index (κ2) is 6.33. The van der Waals surface area contributed by atoms with Crippen LogP contribution in [0.2, 0.25) is 0 Å². The van der Waals surface area contributed by atoms with Gasteiger partial charge >= 0.3 is 11.9 Å². The van der Waals surface area contributed by atoms with E-state index in [9.17, 15) is 9.59 Å². The number of aliphatic carboxylic acids is 2. The number of hydrogen-bond donors (Lipinski definition) is 4.